The number of carbonyl (C=O) groups is 1. The predicted molar refractivity (Wildman–Crippen MR) is 149 cm³/mol. The van der Waals surface area contributed by atoms with Crippen molar-refractivity contribution in [3.05, 3.63) is 106 Å². The quantitative estimate of drug-likeness (QED) is 0.271. The Morgan fingerprint density at radius 2 is 1.67 bits per heavy atom. The van der Waals surface area contributed by atoms with E-state index < -0.39 is 23.2 Å². The molecule has 0 radical (unpaired) electrons. The zero-order chi connectivity index (χ0) is 27.5. The summed E-state index contributed by atoms with van der Waals surface area (Å²) >= 11 is 3.45. The van der Waals surface area contributed by atoms with Crippen LogP contribution in [-0.4, -0.2) is 41.7 Å². The molecule has 11 heteroatoms. The average molecular weight is 614 g/mol. The number of halogens is 2. The molecule has 1 fully saturated rings. The van der Waals surface area contributed by atoms with Crippen LogP contribution < -0.4 is 4.72 Å². The molecule has 8 nitrogen and oxygen atoms in total. The highest BCUT2D eigenvalue weighted by atomic mass is 79.9. The molecule has 1 saturated heterocycles. The first-order valence-corrected chi connectivity index (χ1v) is 14.3. The molecule has 39 heavy (non-hydrogen) atoms. The van der Waals surface area contributed by atoms with Gasteiger partial charge in [-0.05, 0) is 73.0 Å². The highest BCUT2D eigenvalue weighted by Crippen LogP contribution is 2.37. The van der Waals surface area contributed by atoms with Gasteiger partial charge in [-0.2, -0.15) is 5.10 Å². The second kappa shape index (κ2) is 11.8. The van der Waals surface area contributed by atoms with Crippen molar-refractivity contribution in [2.45, 2.75) is 32.2 Å². The van der Waals surface area contributed by atoms with Gasteiger partial charge in [0.2, 0.25) is 10.9 Å². The van der Waals surface area contributed by atoms with Crippen LogP contribution >= 0.6 is 15.9 Å². The minimum absolute atomic E-state index is 0.124. The van der Waals surface area contributed by atoms with Crippen molar-refractivity contribution >= 4 is 32.7 Å². The second-order valence-corrected chi connectivity index (χ2v) is 10.9. The first-order valence-electron chi connectivity index (χ1n) is 12.3. The van der Waals surface area contributed by atoms with Crippen molar-refractivity contribution in [3.63, 3.8) is 0 Å². The fraction of sp³-hybridized carbons (Fsp3) is 0.214. The molecule has 3 aromatic carbocycles. The lowest BCUT2D eigenvalue weighted by Gasteiger charge is -2.23. The number of thiol groups is 1. The van der Waals surface area contributed by atoms with Crippen molar-refractivity contribution in [1.82, 2.24) is 19.4 Å². The number of rotatable bonds is 9. The number of aromatic nitrogens is 2. The molecule has 0 spiro atoms. The maximum absolute atomic E-state index is 13.7. The summed E-state index contributed by atoms with van der Waals surface area (Å²) in [5.74, 6) is -0.472. The van der Waals surface area contributed by atoms with Crippen LogP contribution in [-0.2, 0) is 33.4 Å². The van der Waals surface area contributed by atoms with Gasteiger partial charge in [-0.15, -0.1) is 0 Å². The van der Waals surface area contributed by atoms with Crippen molar-refractivity contribution in [1.29, 1.82) is 0 Å². The molecule has 2 heterocycles. The van der Waals surface area contributed by atoms with Crippen LogP contribution in [0.5, 0.6) is 0 Å². The highest BCUT2D eigenvalue weighted by molar-refractivity contribution is 9.10. The summed E-state index contributed by atoms with van der Waals surface area (Å²) in [6.45, 7) is 2.37. The van der Waals surface area contributed by atoms with E-state index in [1.807, 2.05) is 54.7 Å². The Bertz CT molecular complexity index is 1530. The molecule has 0 saturated carbocycles. The van der Waals surface area contributed by atoms with Crippen LogP contribution in [0.4, 0.5) is 4.39 Å². The van der Waals surface area contributed by atoms with Gasteiger partial charge in [0.05, 0.1) is 5.69 Å². The molecule has 2 atom stereocenters. The van der Waals surface area contributed by atoms with Gasteiger partial charge in [0.1, 0.15) is 17.6 Å². The monoisotopic (exact) mass is 612 g/mol. The van der Waals surface area contributed by atoms with Gasteiger partial charge in [-0.1, -0.05) is 40.2 Å². The molecule has 1 amide bonds. The average Bonchev–Trinajstić information content (AvgIpc) is 3.49. The van der Waals surface area contributed by atoms with E-state index in [0.29, 0.717) is 29.8 Å². The van der Waals surface area contributed by atoms with Gasteiger partial charge in [0.25, 0.3) is 5.91 Å². The largest absolute Gasteiger partial charge is 0.341 e. The smallest absolute Gasteiger partial charge is 0.253 e. The lowest BCUT2D eigenvalue weighted by atomic mass is 10.1. The number of hydrogen-bond acceptors (Lipinski definition) is 5. The minimum Gasteiger partial charge on any atom is -0.341 e. The van der Waals surface area contributed by atoms with E-state index in [1.165, 1.54) is 12.1 Å². The molecule has 1 aliphatic rings. The molecular weight excluding hydrogens is 587 g/mol. The summed E-state index contributed by atoms with van der Waals surface area (Å²) < 4.78 is 46.5. The third-order valence-electron chi connectivity index (χ3n) is 6.54. The number of nitrogens with zero attached hydrogens (tertiary/aromatic N) is 3. The molecule has 1 N–H and O–H groups in total. The maximum atomic E-state index is 13.7. The number of hydrogen-bond donors (Lipinski definition) is 2. The standard InChI is InChI=1S/C28H26BrFN4O4S/c1-18-27(35)33(15-14-19-2-4-20(5-3-19)16-31-39(36)37)28(38-18)25-17-34(24-12-8-22(29)9-13-24)32-26(25)21-6-10-23(30)11-7-21/h2-13,17-18,28,39H,14-16H2,1H3,(H,31,36,37)/t18-,28-/m1/s1. The second-order valence-electron chi connectivity index (χ2n) is 9.18. The van der Waals surface area contributed by atoms with E-state index >= 15 is 0 Å². The number of ether oxygens (including phenoxy) is 1. The SMILES string of the molecule is C[C@H]1O[C@H](c2cn(-c3ccc(Br)cc3)nc2-c2ccc(F)cc2)N(CCc2ccc(CN[SH](=O)=O)cc2)C1=O. The Morgan fingerprint density at radius 1 is 1.00 bits per heavy atom. The molecule has 5 rings (SSSR count). The van der Waals surface area contributed by atoms with E-state index in [4.69, 9.17) is 9.84 Å². The summed E-state index contributed by atoms with van der Waals surface area (Å²) in [5, 5.41) is 4.81. The van der Waals surface area contributed by atoms with Gasteiger partial charge >= 0.3 is 0 Å². The summed E-state index contributed by atoms with van der Waals surface area (Å²) in [6, 6.07) is 21.3. The number of carbonyl (C=O) groups excluding carboxylic acids is 1. The normalized spacial score (nSPS) is 17.3. The Morgan fingerprint density at radius 3 is 2.33 bits per heavy atom. The first kappa shape index (κ1) is 27.2. The molecule has 1 aliphatic heterocycles. The van der Waals surface area contributed by atoms with Crippen molar-refractivity contribution in [2.24, 2.45) is 0 Å². The van der Waals surface area contributed by atoms with E-state index in [-0.39, 0.29) is 18.3 Å². The van der Waals surface area contributed by atoms with Gasteiger partial charge < -0.3 is 9.64 Å². The van der Waals surface area contributed by atoms with Crippen LogP contribution in [0.25, 0.3) is 16.9 Å². The molecule has 202 valence electrons. The van der Waals surface area contributed by atoms with Crippen molar-refractivity contribution < 1.29 is 22.3 Å². The van der Waals surface area contributed by atoms with Crippen LogP contribution in [0.3, 0.4) is 0 Å². The third kappa shape index (κ3) is 6.27. The number of benzene rings is 3. The van der Waals surface area contributed by atoms with Crippen LogP contribution in [0.2, 0.25) is 0 Å². The molecular formula is C28H26BrFN4O4S. The summed E-state index contributed by atoms with van der Waals surface area (Å²) in [4.78, 5) is 14.9. The minimum atomic E-state index is -2.65. The van der Waals surface area contributed by atoms with Gasteiger partial charge in [-0.3, -0.25) is 4.79 Å². The van der Waals surface area contributed by atoms with E-state index in [9.17, 15) is 17.6 Å². The lowest BCUT2D eigenvalue weighted by molar-refractivity contribution is -0.130. The van der Waals surface area contributed by atoms with Gasteiger partial charge in [-0.25, -0.2) is 22.2 Å². The molecule has 4 aromatic rings. The van der Waals surface area contributed by atoms with Crippen molar-refractivity contribution in [3.8, 4) is 16.9 Å². The fourth-order valence-corrected chi connectivity index (χ4v) is 5.07. The zero-order valence-corrected chi connectivity index (χ0v) is 23.4. The van der Waals surface area contributed by atoms with E-state index in [2.05, 4.69) is 20.7 Å². The van der Waals surface area contributed by atoms with Crippen LogP contribution in [0.15, 0.2) is 83.5 Å². The third-order valence-corrected chi connectivity index (χ3v) is 7.49. The number of nitrogens with one attached hydrogen (secondary N) is 1. The predicted octanol–water partition coefficient (Wildman–Crippen LogP) is 4.55. The van der Waals surface area contributed by atoms with Crippen molar-refractivity contribution in [2.75, 3.05) is 6.54 Å². The van der Waals surface area contributed by atoms with Gasteiger partial charge in [0.15, 0.2) is 6.23 Å². The van der Waals surface area contributed by atoms with E-state index in [0.717, 1.165) is 21.3 Å². The molecule has 0 bridgehead atoms. The Labute approximate surface area is 235 Å². The first-order chi connectivity index (χ1) is 18.8. The molecule has 0 aliphatic carbocycles. The molecule has 1 aromatic heterocycles. The topological polar surface area (TPSA) is 93.5 Å². The van der Waals surface area contributed by atoms with Gasteiger partial charge in [0, 0.05) is 34.9 Å². The Kier molecular flexibility index (Phi) is 8.22. The summed E-state index contributed by atoms with van der Waals surface area (Å²) in [6.07, 6.45) is 1.13. The Hall–Kier alpha value is -3.38. The molecule has 0 unspecified atom stereocenters. The van der Waals surface area contributed by atoms with Crippen LogP contribution in [0.1, 0.15) is 29.8 Å². The summed E-state index contributed by atoms with van der Waals surface area (Å²) in [7, 11) is -2.65. The number of amides is 1. The zero-order valence-electron chi connectivity index (χ0n) is 21.0. The maximum Gasteiger partial charge on any atom is 0.253 e. The van der Waals surface area contributed by atoms with E-state index in [1.54, 1.807) is 28.6 Å². The Balaban J connectivity index is 1.44. The van der Waals surface area contributed by atoms with Crippen LogP contribution in [0, 0.1) is 5.82 Å². The summed E-state index contributed by atoms with van der Waals surface area (Å²) in [5.41, 5.74) is 4.68. The highest BCUT2D eigenvalue weighted by Gasteiger charge is 2.40. The lowest BCUT2D eigenvalue weighted by Crippen LogP contribution is -2.32. The fourth-order valence-electron chi connectivity index (χ4n) is 4.50.